The molecule has 0 saturated carbocycles. The Balaban J connectivity index is 0.00000200. The summed E-state index contributed by atoms with van der Waals surface area (Å²) in [4.78, 5) is 23.7. The van der Waals surface area contributed by atoms with E-state index in [1.54, 1.807) is 0 Å². The van der Waals surface area contributed by atoms with Crippen LogP contribution in [0.2, 0.25) is 0 Å². The fourth-order valence-corrected chi connectivity index (χ4v) is 2.28. The summed E-state index contributed by atoms with van der Waals surface area (Å²) >= 11 is 0. The first-order valence-corrected chi connectivity index (χ1v) is 6.26. The largest absolute Gasteiger partial charge is 0.302 e. The van der Waals surface area contributed by atoms with Crippen LogP contribution in [0, 0.1) is 40.8 Å². The van der Waals surface area contributed by atoms with E-state index in [1.165, 1.54) is 6.92 Å². The van der Waals surface area contributed by atoms with Gasteiger partial charge in [-0.05, 0) is 24.5 Å². The minimum absolute atomic E-state index is 0. The van der Waals surface area contributed by atoms with Crippen LogP contribution >= 0.6 is 0 Å². The Morgan fingerprint density at radius 1 is 1.00 bits per heavy atom. The normalized spacial score (nSPS) is 12.8. The van der Waals surface area contributed by atoms with Gasteiger partial charge in [-0.2, -0.15) is 0 Å². The van der Waals surface area contributed by atoms with Gasteiger partial charge in [0.2, 0.25) is 0 Å². The maximum atomic E-state index is 12.1. The first-order valence-electron chi connectivity index (χ1n) is 6.26. The summed E-state index contributed by atoms with van der Waals surface area (Å²) in [5.41, 5.74) is 0.651. The van der Waals surface area contributed by atoms with Crippen molar-refractivity contribution in [2.75, 3.05) is 0 Å². The minimum Gasteiger partial charge on any atom is -0.302 e. The van der Waals surface area contributed by atoms with Gasteiger partial charge in [0.25, 0.3) is 0 Å². The van der Waals surface area contributed by atoms with Gasteiger partial charge in [-0.1, -0.05) is 60.7 Å². The van der Waals surface area contributed by atoms with E-state index in [9.17, 15) is 9.59 Å². The van der Waals surface area contributed by atoms with E-state index in [1.807, 2.05) is 60.7 Å². The van der Waals surface area contributed by atoms with Crippen molar-refractivity contribution in [1.82, 2.24) is 0 Å². The molecule has 100 valence electrons. The van der Waals surface area contributed by atoms with Crippen LogP contribution < -0.4 is 0 Å². The molecule has 0 spiro atoms. The average Bonchev–Trinajstić information content (AvgIpc) is 2.46. The summed E-state index contributed by atoms with van der Waals surface area (Å²) in [5, 5.41) is 0. The molecule has 0 aliphatic rings. The number of carbonyl (C=O) groups excluding carboxylic acids is 2. The number of hydrogen-bond donors (Lipinski definition) is 0. The molecule has 3 heteroatoms. The molecule has 0 saturated heterocycles. The molecule has 0 N–H and O–H groups in total. The summed E-state index contributed by atoms with van der Waals surface area (Å²) < 4.78 is 0. The Kier molecular flexibility index (Phi) is 6.69. The number of benzene rings is 2. The third kappa shape index (κ3) is 3.61. The van der Waals surface area contributed by atoms with Gasteiger partial charge in [0, 0.05) is 40.8 Å². The Morgan fingerprint density at radius 2 is 1.50 bits per heavy atom. The number of carbonyl (C=O) groups is 2. The van der Waals surface area contributed by atoms with Crippen molar-refractivity contribution < 1.29 is 50.4 Å². The number of hydrogen-bond acceptors (Lipinski definition) is 2. The predicted octanol–water partition coefficient (Wildman–Crippen LogP) is 2.96. The van der Waals surface area contributed by atoms with E-state index in [-0.39, 0.29) is 46.6 Å². The number of rotatable bonds is 5. The number of Topliss-reactive ketones (excluding diaryl/α,β-unsaturated/α-hetero) is 1. The van der Waals surface area contributed by atoms with Crippen molar-refractivity contribution in [3.05, 3.63) is 71.8 Å². The molecule has 2 nitrogen and oxygen atoms in total. The van der Waals surface area contributed by atoms with Gasteiger partial charge in [0.1, 0.15) is 17.5 Å². The Bertz CT molecular complexity index is 566. The molecule has 0 heterocycles. The van der Waals surface area contributed by atoms with Crippen molar-refractivity contribution >= 4 is 12.1 Å². The zero-order valence-corrected chi connectivity index (χ0v) is 14.6. The van der Waals surface area contributed by atoms with Crippen LogP contribution in [0.4, 0.5) is 0 Å². The van der Waals surface area contributed by atoms with Gasteiger partial charge in [-0.3, -0.25) is 4.79 Å². The van der Waals surface area contributed by atoms with Crippen molar-refractivity contribution in [2.24, 2.45) is 0 Å². The van der Waals surface area contributed by atoms with Crippen molar-refractivity contribution in [3.63, 3.8) is 0 Å². The second-order valence-electron chi connectivity index (χ2n) is 4.67. The molecule has 0 amide bonds. The second-order valence-corrected chi connectivity index (χ2v) is 4.67. The summed E-state index contributed by atoms with van der Waals surface area (Å²) in [6.07, 6.45) is 1.17. The Labute approximate surface area is 152 Å². The summed E-state index contributed by atoms with van der Waals surface area (Å²) in [7, 11) is 0. The Hall–Kier alpha value is -0.869. The van der Waals surface area contributed by atoms with E-state index >= 15 is 0 Å². The van der Waals surface area contributed by atoms with E-state index in [0.717, 1.165) is 17.4 Å². The molecule has 2 aromatic rings. The first kappa shape index (κ1) is 17.2. The molecule has 0 aliphatic carbocycles. The summed E-state index contributed by atoms with van der Waals surface area (Å²) in [6.45, 7) is 1.48. The zero-order chi connectivity index (χ0) is 13.7. The van der Waals surface area contributed by atoms with Crippen molar-refractivity contribution in [2.45, 2.75) is 18.8 Å². The van der Waals surface area contributed by atoms with Crippen molar-refractivity contribution in [3.8, 4) is 0 Å². The Morgan fingerprint density at radius 3 is 1.95 bits per heavy atom. The van der Waals surface area contributed by atoms with Gasteiger partial charge in [-0.15, -0.1) is 0 Å². The quantitative estimate of drug-likeness (QED) is 0.575. The summed E-state index contributed by atoms with van der Waals surface area (Å²) in [5.74, 6) is -0.127. The van der Waals surface area contributed by atoms with E-state index in [0.29, 0.717) is 6.42 Å². The molecule has 0 fully saturated rings. The maximum absolute atomic E-state index is 12.1. The molecule has 0 radical (unpaired) electrons. The average molecular weight is 397 g/mol. The summed E-state index contributed by atoms with van der Waals surface area (Å²) in [6, 6.07) is 18.9. The van der Waals surface area contributed by atoms with E-state index in [2.05, 4.69) is 0 Å². The molecule has 20 heavy (non-hydrogen) atoms. The zero-order valence-electron chi connectivity index (χ0n) is 11.4. The topological polar surface area (TPSA) is 34.1 Å². The van der Waals surface area contributed by atoms with Gasteiger partial charge in [0.15, 0.2) is 0 Å². The number of aldehydes is 1. The van der Waals surface area contributed by atoms with Crippen LogP contribution in [0.3, 0.4) is 0 Å². The monoisotopic (exact) mass is 394 g/mol. The smallest absolute Gasteiger partial charge is 0.147 e. The van der Waals surface area contributed by atoms with Crippen LogP contribution in [0.5, 0.6) is 0 Å². The molecule has 1 atom stereocenters. The van der Waals surface area contributed by atoms with E-state index in [4.69, 9.17) is 0 Å². The van der Waals surface area contributed by atoms with Crippen LogP contribution in [-0.4, -0.2) is 12.1 Å². The molecular weight excluding hydrogens is 380 g/mol. The van der Waals surface area contributed by atoms with Gasteiger partial charge >= 0.3 is 0 Å². The molecule has 0 aliphatic heterocycles. The van der Waals surface area contributed by atoms with Gasteiger partial charge in [0.05, 0.1) is 0 Å². The third-order valence-electron chi connectivity index (χ3n) is 3.44. The van der Waals surface area contributed by atoms with E-state index < -0.39 is 5.41 Å². The molecular formula is C17H16NdO2. The predicted molar refractivity (Wildman–Crippen MR) is 75.0 cm³/mol. The third-order valence-corrected chi connectivity index (χ3v) is 3.44. The molecule has 2 aromatic carbocycles. The van der Waals surface area contributed by atoms with Crippen molar-refractivity contribution in [1.29, 1.82) is 0 Å². The molecule has 0 aromatic heterocycles. The fourth-order valence-electron chi connectivity index (χ4n) is 2.28. The molecule has 0 bridgehead atoms. The van der Waals surface area contributed by atoms with Gasteiger partial charge in [-0.25, -0.2) is 0 Å². The van der Waals surface area contributed by atoms with Crippen LogP contribution in [0.25, 0.3) is 0 Å². The number of ketones is 1. The standard InChI is InChI=1S/C17H16O2.Nd/c1-14(19)17(13-18,16-10-6-3-7-11-16)12-15-8-4-2-5-9-15;/h2-11,13H,12H2,1H3;. The van der Waals surface area contributed by atoms with Crippen LogP contribution in [0.15, 0.2) is 60.7 Å². The first-order chi connectivity index (χ1) is 9.19. The fraction of sp³-hybridized carbons (Fsp3) is 0.176. The van der Waals surface area contributed by atoms with Gasteiger partial charge < -0.3 is 4.79 Å². The maximum Gasteiger partial charge on any atom is 0.147 e. The SMILES string of the molecule is CC(=O)C(C=O)(Cc1ccccc1)c1ccccc1.[Nd]. The molecule has 1 unspecified atom stereocenters. The minimum atomic E-state index is -1.08. The molecule has 2 rings (SSSR count). The van der Waals surface area contributed by atoms with Crippen LogP contribution in [-0.2, 0) is 21.4 Å². The second kappa shape index (κ2) is 7.79. The van der Waals surface area contributed by atoms with Crippen LogP contribution in [0.1, 0.15) is 18.1 Å².